The molecule has 0 radical (unpaired) electrons. The van der Waals surface area contributed by atoms with Crippen LogP contribution in [0.1, 0.15) is 0 Å². The summed E-state index contributed by atoms with van der Waals surface area (Å²) in [5, 5.41) is 6.79. The molecule has 3 rings (SSSR count). The Morgan fingerprint density at radius 1 is 1.44 bits per heavy atom. The largest absolute Gasteiger partial charge is 0.390 e. The molecule has 2 heterocycles. The Bertz CT molecular complexity index is 535. The van der Waals surface area contributed by atoms with Crippen molar-refractivity contribution in [3.8, 4) is 0 Å². The average molecular weight is 235 g/mol. The quantitative estimate of drug-likeness (QED) is 0.699. The summed E-state index contributed by atoms with van der Waals surface area (Å²) >= 11 is 6.03. The molecule has 1 aromatic rings. The van der Waals surface area contributed by atoms with Gasteiger partial charge in [-0.25, -0.2) is 0 Å². The molecule has 0 unspecified atom stereocenters. The smallest absolute Gasteiger partial charge is 0.0412 e. The summed E-state index contributed by atoms with van der Waals surface area (Å²) in [6.07, 6.45) is 2.09. The number of benzene rings is 1. The summed E-state index contributed by atoms with van der Waals surface area (Å²) in [6, 6.07) is 6.18. The molecule has 3 heteroatoms. The van der Waals surface area contributed by atoms with E-state index in [2.05, 4.69) is 29.5 Å². The van der Waals surface area contributed by atoms with Gasteiger partial charge in [0.1, 0.15) is 0 Å². The minimum atomic E-state index is 0.642. The molecular weight excluding hydrogens is 220 g/mol. The zero-order valence-electron chi connectivity index (χ0n) is 9.33. The van der Waals surface area contributed by atoms with Crippen LogP contribution in [-0.2, 0) is 0 Å². The molecule has 0 aromatic heterocycles. The van der Waals surface area contributed by atoms with Crippen LogP contribution >= 0.6 is 11.6 Å². The Balaban J connectivity index is 2.29. The van der Waals surface area contributed by atoms with Crippen LogP contribution < -0.4 is 15.8 Å². The van der Waals surface area contributed by atoms with Crippen molar-refractivity contribution in [1.29, 1.82) is 0 Å². The first kappa shape index (κ1) is 10.2. The van der Waals surface area contributed by atoms with Gasteiger partial charge in [0, 0.05) is 36.8 Å². The number of rotatable bonds is 0. The summed E-state index contributed by atoms with van der Waals surface area (Å²) < 4.78 is 0. The Morgan fingerprint density at radius 3 is 3.19 bits per heavy atom. The molecule has 1 N–H and O–H groups in total. The topological polar surface area (TPSA) is 15.3 Å². The molecule has 1 aromatic carbocycles. The molecule has 1 atom stereocenters. The summed E-state index contributed by atoms with van der Waals surface area (Å²) in [5.41, 5.74) is 1.55. The van der Waals surface area contributed by atoms with E-state index in [0.717, 1.165) is 24.7 Å². The monoisotopic (exact) mass is 234 g/mol. The van der Waals surface area contributed by atoms with E-state index >= 15 is 0 Å². The number of likely N-dealkylation sites (tertiary alicyclic amines) is 1. The van der Waals surface area contributed by atoms with Gasteiger partial charge in [0.2, 0.25) is 0 Å². The van der Waals surface area contributed by atoms with Crippen molar-refractivity contribution in [3.05, 3.63) is 33.7 Å². The van der Waals surface area contributed by atoms with Crippen LogP contribution in [0.2, 0.25) is 5.02 Å². The van der Waals surface area contributed by atoms with Crippen molar-refractivity contribution in [2.75, 3.05) is 26.7 Å². The van der Waals surface area contributed by atoms with Gasteiger partial charge in [-0.1, -0.05) is 17.7 Å². The number of halogens is 1. The SMILES string of the molecule is CN1CC2=c3ccc(Cl)cc3=CNC[C@H]2C1. The third kappa shape index (κ3) is 1.62. The molecule has 2 aliphatic rings. The second-order valence-electron chi connectivity index (χ2n) is 4.70. The summed E-state index contributed by atoms with van der Waals surface area (Å²) in [5.74, 6) is 0.642. The van der Waals surface area contributed by atoms with Crippen molar-refractivity contribution in [3.63, 3.8) is 0 Å². The molecule has 84 valence electrons. The molecule has 0 bridgehead atoms. The highest BCUT2D eigenvalue weighted by atomic mass is 35.5. The second kappa shape index (κ2) is 3.79. The molecule has 0 spiro atoms. The molecule has 16 heavy (non-hydrogen) atoms. The lowest BCUT2D eigenvalue weighted by Gasteiger charge is -2.09. The van der Waals surface area contributed by atoms with Crippen LogP contribution in [0.3, 0.4) is 0 Å². The number of hydrogen-bond donors (Lipinski definition) is 1. The molecule has 0 saturated carbocycles. The third-order valence-corrected chi connectivity index (χ3v) is 3.68. The predicted octanol–water partition coefficient (Wildman–Crippen LogP) is 0.394. The highest BCUT2D eigenvalue weighted by Gasteiger charge is 2.26. The zero-order valence-corrected chi connectivity index (χ0v) is 10.1. The van der Waals surface area contributed by atoms with Crippen molar-refractivity contribution >= 4 is 23.4 Å². The first-order chi connectivity index (χ1) is 7.74. The highest BCUT2D eigenvalue weighted by Crippen LogP contribution is 2.21. The van der Waals surface area contributed by atoms with E-state index in [1.807, 2.05) is 12.1 Å². The molecule has 0 amide bonds. The lowest BCUT2D eigenvalue weighted by Crippen LogP contribution is -2.28. The second-order valence-corrected chi connectivity index (χ2v) is 5.14. The van der Waals surface area contributed by atoms with Gasteiger partial charge < -0.3 is 10.2 Å². The fraction of sp³-hybridized carbons (Fsp3) is 0.385. The molecule has 2 aliphatic heterocycles. The van der Waals surface area contributed by atoms with Gasteiger partial charge in [-0.15, -0.1) is 0 Å². The number of fused-ring (bicyclic) bond motifs is 2. The van der Waals surface area contributed by atoms with Gasteiger partial charge in [0.05, 0.1) is 0 Å². The lowest BCUT2D eigenvalue weighted by atomic mass is 10.0. The third-order valence-electron chi connectivity index (χ3n) is 3.45. The van der Waals surface area contributed by atoms with Crippen LogP contribution in [0, 0.1) is 5.92 Å². The van der Waals surface area contributed by atoms with E-state index < -0.39 is 0 Å². The maximum absolute atomic E-state index is 6.03. The van der Waals surface area contributed by atoms with Crippen LogP contribution in [0.25, 0.3) is 11.8 Å². The molecule has 0 aliphatic carbocycles. The van der Waals surface area contributed by atoms with E-state index in [9.17, 15) is 0 Å². The van der Waals surface area contributed by atoms with Crippen LogP contribution in [-0.4, -0.2) is 31.6 Å². The van der Waals surface area contributed by atoms with Crippen molar-refractivity contribution < 1.29 is 0 Å². The fourth-order valence-corrected chi connectivity index (χ4v) is 2.90. The normalized spacial score (nSPS) is 24.1. The standard InChI is InChI=1S/C13H15ClN2/c1-16-7-10-6-15-5-9-4-11(14)2-3-12(9)13(10)8-16/h2-5,10,15H,6-8H2,1H3/t10-/m0/s1. The first-order valence-corrected chi connectivity index (χ1v) is 6.02. The van der Waals surface area contributed by atoms with Crippen LogP contribution in [0.5, 0.6) is 0 Å². The predicted molar refractivity (Wildman–Crippen MR) is 67.6 cm³/mol. The maximum atomic E-state index is 6.03. The van der Waals surface area contributed by atoms with E-state index in [-0.39, 0.29) is 0 Å². The van der Waals surface area contributed by atoms with Gasteiger partial charge >= 0.3 is 0 Å². The minimum Gasteiger partial charge on any atom is -0.390 e. The molecule has 1 saturated heterocycles. The number of nitrogens with one attached hydrogen (secondary N) is 1. The van der Waals surface area contributed by atoms with E-state index in [1.54, 1.807) is 5.57 Å². The Kier molecular flexibility index (Phi) is 2.41. The van der Waals surface area contributed by atoms with Crippen LogP contribution in [0.15, 0.2) is 18.2 Å². The minimum absolute atomic E-state index is 0.642. The van der Waals surface area contributed by atoms with Crippen molar-refractivity contribution in [2.24, 2.45) is 5.92 Å². The maximum Gasteiger partial charge on any atom is 0.0412 e. The average Bonchev–Trinajstić information content (AvgIpc) is 2.52. The van der Waals surface area contributed by atoms with Crippen molar-refractivity contribution in [1.82, 2.24) is 10.2 Å². The van der Waals surface area contributed by atoms with Gasteiger partial charge in [-0.3, -0.25) is 0 Å². The fourth-order valence-electron chi connectivity index (χ4n) is 2.72. The lowest BCUT2D eigenvalue weighted by molar-refractivity contribution is 0.394. The molecule has 1 fully saturated rings. The zero-order chi connectivity index (χ0) is 11.1. The highest BCUT2D eigenvalue weighted by molar-refractivity contribution is 6.30. The van der Waals surface area contributed by atoms with E-state index in [0.29, 0.717) is 5.92 Å². The van der Waals surface area contributed by atoms with Gasteiger partial charge in [0.25, 0.3) is 0 Å². The van der Waals surface area contributed by atoms with E-state index in [4.69, 9.17) is 11.6 Å². The van der Waals surface area contributed by atoms with Gasteiger partial charge in [-0.05, 0) is 35.2 Å². The number of nitrogens with zero attached hydrogens (tertiary/aromatic N) is 1. The first-order valence-electron chi connectivity index (χ1n) is 5.65. The van der Waals surface area contributed by atoms with Crippen molar-refractivity contribution in [2.45, 2.75) is 0 Å². The summed E-state index contributed by atoms with van der Waals surface area (Å²) in [4.78, 5) is 2.38. The Hall–Kier alpha value is -0.990. The molecule has 2 nitrogen and oxygen atoms in total. The summed E-state index contributed by atoms with van der Waals surface area (Å²) in [7, 11) is 2.18. The van der Waals surface area contributed by atoms with E-state index in [1.165, 1.54) is 10.4 Å². The van der Waals surface area contributed by atoms with Gasteiger partial charge in [-0.2, -0.15) is 0 Å². The van der Waals surface area contributed by atoms with Gasteiger partial charge in [0.15, 0.2) is 0 Å². The summed E-state index contributed by atoms with van der Waals surface area (Å²) in [6.45, 7) is 3.26. The number of hydrogen-bond acceptors (Lipinski definition) is 2. The van der Waals surface area contributed by atoms with Crippen LogP contribution in [0.4, 0.5) is 0 Å². The molecular formula is C13H15ClN2. The Labute approximate surface area is 100 Å². The Morgan fingerprint density at radius 2 is 2.31 bits per heavy atom.